The van der Waals surface area contributed by atoms with Gasteiger partial charge in [-0.15, -0.1) is 0 Å². The van der Waals surface area contributed by atoms with Crippen molar-refractivity contribution in [3.8, 4) is 0 Å². The molecule has 1 fully saturated rings. The van der Waals surface area contributed by atoms with Crippen LogP contribution in [0.25, 0.3) is 0 Å². The van der Waals surface area contributed by atoms with Gasteiger partial charge in [0.05, 0.1) is 4.90 Å². The highest BCUT2D eigenvalue weighted by atomic mass is 32.2. The summed E-state index contributed by atoms with van der Waals surface area (Å²) in [7, 11) is -3.69. The fourth-order valence-electron chi connectivity index (χ4n) is 3.30. The molecule has 1 aromatic carbocycles. The topological polar surface area (TPSA) is 105 Å². The molecule has 0 aliphatic carbocycles. The van der Waals surface area contributed by atoms with E-state index in [1.165, 1.54) is 6.07 Å². The Morgan fingerprint density at radius 3 is 2.54 bits per heavy atom. The molecule has 1 atom stereocenters. The minimum absolute atomic E-state index is 0.119. The molecule has 1 saturated heterocycles. The van der Waals surface area contributed by atoms with Crippen LogP contribution >= 0.6 is 0 Å². The number of rotatable bonds is 5. The van der Waals surface area contributed by atoms with Crippen molar-refractivity contribution in [2.75, 3.05) is 19.7 Å². The summed E-state index contributed by atoms with van der Waals surface area (Å²) in [5.41, 5.74) is 0.422. The Hall–Kier alpha value is -2.42. The number of sulfonamides is 1. The van der Waals surface area contributed by atoms with Gasteiger partial charge >= 0.3 is 5.97 Å². The monoisotopic (exact) mass is 407 g/mol. The zero-order valence-electron chi connectivity index (χ0n) is 16.1. The third-order valence-corrected chi connectivity index (χ3v) is 6.25. The molecule has 2 aliphatic heterocycles. The van der Waals surface area contributed by atoms with Crippen LogP contribution < -0.4 is 4.72 Å². The highest BCUT2D eigenvalue weighted by Gasteiger charge is 2.33. The van der Waals surface area contributed by atoms with Gasteiger partial charge in [0.25, 0.3) is 15.9 Å². The third kappa shape index (κ3) is 4.35. The van der Waals surface area contributed by atoms with Crippen LogP contribution in [-0.2, 0) is 24.3 Å². The number of esters is 1. The first-order valence-corrected chi connectivity index (χ1v) is 10.9. The van der Waals surface area contributed by atoms with E-state index in [1.807, 2.05) is 0 Å². The summed E-state index contributed by atoms with van der Waals surface area (Å²) >= 11 is 0. The molecule has 1 amide bonds. The van der Waals surface area contributed by atoms with E-state index in [0.717, 1.165) is 19.3 Å². The fraction of sp³-hybridized carbons (Fsp3) is 0.526. The molecule has 2 heterocycles. The molecule has 2 aliphatic rings. The number of carbonyl (C=O) groups excluding carboxylic acids is 2. The van der Waals surface area contributed by atoms with Crippen LogP contribution in [0.4, 0.5) is 0 Å². The summed E-state index contributed by atoms with van der Waals surface area (Å²) in [6.45, 7) is 4.63. The SMILES string of the molecule is CC(C)[C@H](N=C1NS(=O)(=O)c2ccccc21)C(=O)OCC(=O)N1CCCCC1. The van der Waals surface area contributed by atoms with E-state index in [2.05, 4.69) is 9.71 Å². The molecule has 0 aromatic heterocycles. The number of carbonyl (C=O) groups is 2. The van der Waals surface area contributed by atoms with E-state index < -0.39 is 22.0 Å². The second-order valence-corrected chi connectivity index (χ2v) is 8.97. The van der Waals surface area contributed by atoms with Gasteiger partial charge in [-0.25, -0.2) is 13.2 Å². The second kappa shape index (κ2) is 8.30. The van der Waals surface area contributed by atoms with Gasteiger partial charge in [0.15, 0.2) is 12.6 Å². The van der Waals surface area contributed by atoms with Gasteiger partial charge in [-0.3, -0.25) is 14.5 Å². The lowest BCUT2D eigenvalue weighted by Crippen LogP contribution is -2.39. The molecule has 8 nitrogen and oxygen atoms in total. The van der Waals surface area contributed by atoms with E-state index in [-0.39, 0.29) is 29.2 Å². The summed E-state index contributed by atoms with van der Waals surface area (Å²) in [5.74, 6) is -0.970. The molecule has 0 saturated carbocycles. The molecular formula is C19H25N3O5S. The van der Waals surface area contributed by atoms with Gasteiger partial charge < -0.3 is 9.64 Å². The van der Waals surface area contributed by atoms with Crippen LogP contribution in [0.3, 0.4) is 0 Å². The number of hydrogen-bond acceptors (Lipinski definition) is 6. The Labute approximate surface area is 165 Å². The van der Waals surface area contributed by atoms with Crippen LogP contribution in [0.15, 0.2) is 34.2 Å². The summed E-state index contributed by atoms with van der Waals surface area (Å²) in [6.07, 6.45) is 3.02. The summed E-state index contributed by atoms with van der Waals surface area (Å²) in [4.78, 5) is 30.9. The Kier molecular flexibility index (Phi) is 6.02. The number of fused-ring (bicyclic) bond motifs is 1. The minimum Gasteiger partial charge on any atom is -0.454 e. The zero-order valence-corrected chi connectivity index (χ0v) is 16.9. The lowest BCUT2D eigenvalue weighted by Gasteiger charge is -2.26. The number of likely N-dealkylation sites (tertiary alicyclic amines) is 1. The standard InChI is InChI=1S/C19H25N3O5S/c1-13(2)17(19(24)27-12-16(23)22-10-6-3-7-11-22)20-18-14-8-4-5-9-15(14)28(25,26)21-18/h4-5,8-9,13,17H,3,6-7,10-12H2,1-2H3,(H,20,21)/t17-/m0/s1. The first-order chi connectivity index (χ1) is 13.3. The van der Waals surface area contributed by atoms with Crippen molar-refractivity contribution in [3.05, 3.63) is 29.8 Å². The number of nitrogens with one attached hydrogen (secondary N) is 1. The van der Waals surface area contributed by atoms with E-state index >= 15 is 0 Å². The van der Waals surface area contributed by atoms with Crippen molar-refractivity contribution >= 4 is 27.7 Å². The van der Waals surface area contributed by atoms with Crippen LogP contribution in [0.5, 0.6) is 0 Å². The van der Waals surface area contributed by atoms with Gasteiger partial charge in [0.1, 0.15) is 5.84 Å². The smallest absolute Gasteiger partial charge is 0.331 e. The van der Waals surface area contributed by atoms with Crippen molar-refractivity contribution < 1.29 is 22.7 Å². The maximum Gasteiger partial charge on any atom is 0.331 e. The predicted molar refractivity (Wildman–Crippen MR) is 103 cm³/mol. The number of ether oxygens (including phenoxy) is 1. The van der Waals surface area contributed by atoms with Gasteiger partial charge in [0.2, 0.25) is 0 Å². The molecule has 3 rings (SSSR count). The highest BCUT2D eigenvalue weighted by molar-refractivity contribution is 7.90. The minimum atomic E-state index is -3.69. The molecule has 0 unspecified atom stereocenters. The normalized spacial score (nSPS) is 20.5. The average Bonchev–Trinajstić information content (AvgIpc) is 2.95. The summed E-state index contributed by atoms with van der Waals surface area (Å²) in [6, 6.07) is 5.53. The number of hydrogen-bond donors (Lipinski definition) is 1. The largest absolute Gasteiger partial charge is 0.454 e. The molecule has 28 heavy (non-hydrogen) atoms. The number of amidine groups is 1. The van der Waals surface area contributed by atoms with Crippen LogP contribution in [-0.4, -0.2) is 56.8 Å². The van der Waals surface area contributed by atoms with Crippen molar-refractivity contribution in [1.82, 2.24) is 9.62 Å². The van der Waals surface area contributed by atoms with E-state index in [0.29, 0.717) is 18.7 Å². The molecule has 1 aromatic rings. The van der Waals surface area contributed by atoms with Gasteiger partial charge in [-0.1, -0.05) is 26.0 Å². The predicted octanol–water partition coefficient (Wildman–Crippen LogP) is 1.31. The van der Waals surface area contributed by atoms with Crippen LogP contribution in [0, 0.1) is 5.92 Å². The van der Waals surface area contributed by atoms with E-state index in [9.17, 15) is 18.0 Å². The third-order valence-electron chi connectivity index (χ3n) is 4.85. The lowest BCUT2D eigenvalue weighted by atomic mass is 10.1. The molecule has 0 bridgehead atoms. The van der Waals surface area contributed by atoms with Crippen molar-refractivity contribution in [3.63, 3.8) is 0 Å². The number of piperidine rings is 1. The number of amides is 1. The second-order valence-electron chi connectivity index (χ2n) is 7.32. The lowest BCUT2D eigenvalue weighted by molar-refractivity contribution is -0.154. The Bertz CT molecular complexity index is 889. The van der Waals surface area contributed by atoms with Crippen LogP contribution in [0.1, 0.15) is 38.7 Å². The highest BCUT2D eigenvalue weighted by Crippen LogP contribution is 2.23. The number of nitrogens with zero attached hydrogens (tertiary/aromatic N) is 2. The first kappa shape index (κ1) is 20.3. The molecule has 9 heteroatoms. The van der Waals surface area contributed by atoms with Crippen molar-refractivity contribution in [2.24, 2.45) is 10.9 Å². The molecule has 0 radical (unpaired) electrons. The number of aliphatic imine (C=N–C) groups is 1. The first-order valence-electron chi connectivity index (χ1n) is 9.44. The average molecular weight is 407 g/mol. The Balaban J connectivity index is 1.72. The van der Waals surface area contributed by atoms with Crippen molar-refractivity contribution in [2.45, 2.75) is 44.0 Å². The summed E-state index contributed by atoms with van der Waals surface area (Å²) in [5, 5.41) is 0. The maximum atomic E-state index is 12.6. The van der Waals surface area contributed by atoms with Gasteiger partial charge in [-0.05, 0) is 37.3 Å². The molecule has 152 valence electrons. The summed E-state index contributed by atoms with van der Waals surface area (Å²) < 4.78 is 32.0. The Morgan fingerprint density at radius 2 is 1.86 bits per heavy atom. The number of benzene rings is 1. The van der Waals surface area contributed by atoms with Crippen molar-refractivity contribution in [1.29, 1.82) is 0 Å². The van der Waals surface area contributed by atoms with Gasteiger partial charge in [-0.2, -0.15) is 0 Å². The Morgan fingerprint density at radius 1 is 1.18 bits per heavy atom. The molecule has 1 N–H and O–H groups in total. The zero-order chi connectivity index (χ0) is 20.3. The molecular weight excluding hydrogens is 382 g/mol. The molecule has 0 spiro atoms. The van der Waals surface area contributed by atoms with Gasteiger partial charge in [0, 0.05) is 18.7 Å². The quantitative estimate of drug-likeness (QED) is 0.741. The maximum absolute atomic E-state index is 12.6. The van der Waals surface area contributed by atoms with E-state index in [4.69, 9.17) is 4.74 Å². The van der Waals surface area contributed by atoms with E-state index in [1.54, 1.807) is 36.9 Å². The van der Waals surface area contributed by atoms with Crippen LogP contribution in [0.2, 0.25) is 0 Å². The fourth-order valence-corrected chi connectivity index (χ4v) is 4.53.